The summed E-state index contributed by atoms with van der Waals surface area (Å²) >= 11 is 0. The standard InChI is InChI=1S/C10H14N2O2.C3H8/c1-2-11-8-7-9-3-5-10(6-4-9)12(13)14;1-3-2/h3-6,11H,2,7-8H2,1H3;3H2,1-2H3. The number of hydrogen-bond acceptors (Lipinski definition) is 3. The molecule has 4 nitrogen and oxygen atoms in total. The Labute approximate surface area is 103 Å². The molecule has 0 spiro atoms. The summed E-state index contributed by atoms with van der Waals surface area (Å²) < 4.78 is 0. The van der Waals surface area contributed by atoms with Crippen molar-refractivity contribution in [2.45, 2.75) is 33.6 Å². The Morgan fingerprint density at radius 2 is 1.71 bits per heavy atom. The van der Waals surface area contributed by atoms with Crippen molar-refractivity contribution in [3.63, 3.8) is 0 Å². The van der Waals surface area contributed by atoms with Gasteiger partial charge in [0, 0.05) is 12.1 Å². The highest BCUT2D eigenvalue weighted by atomic mass is 16.6. The zero-order chi connectivity index (χ0) is 13.1. The molecule has 0 aromatic heterocycles. The summed E-state index contributed by atoms with van der Waals surface area (Å²) in [4.78, 5) is 9.98. The number of benzene rings is 1. The van der Waals surface area contributed by atoms with Crippen LogP contribution in [0.25, 0.3) is 0 Å². The number of nitro benzene ring substituents is 1. The summed E-state index contributed by atoms with van der Waals surface area (Å²) in [5.41, 5.74) is 1.27. The Balaban J connectivity index is 0.000000770. The maximum Gasteiger partial charge on any atom is 0.269 e. The van der Waals surface area contributed by atoms with Crippen molar-refractivity contribution in [2.24, 2.45) is 0 Å². The molecule has 0 saturated heterocycles. The molecule has 0 heterocycles. The average Bonchev–Trinajstić information content (AvgIpc) is 2.31. The molecule has 0 saturated carbocycles. The molecule has 96 valence electrons. The van der Waals surface area contributed by atoms with E-state index in [0.717, 1.165) is 25.1 Å². The first-order chi connectivity index (χ1) is 8.15. The number of non-ortho nitro benzene ring substituents is 1. The molecule has 0 radical (unpaired) electrons. The van der Waals surface area contributed by atoms with Gasteiger partial charge in [-0.15, -0.1) is 0 Å². The molecule has 1 N–H and O–H groups in total. The van der Waals surface area contributed by atoms with Crippen molar-refractivity contribution in [1.29, 1.82) is 0 Å². The fourth-order valence-corrected chi connectivity index (χ4v) is 1.19. The van der Waals surface area contributed by atoms with Gasteiger partial charge in [0.05, 0.1) is 4.92 Å². The van der Waals surface area contributed by atoms with Crippen LogP contribution in [0.4, 0.5) is 5.69 Å². The second-order valence-corrected chi connectivity index (χ2v) is 3.73. The lowest BCUT2D eigenvalue weighted by Gasteiger charge is -2.01. The van der Waals surface area contributed by atoms with Crippen molar-refractivity contribution in [3.8, 4) is 0 Å². The summed E-state index contributed by atoms with van der Waals surface area (Å²) in [6.45, 7) is 8.16. The molecule has 0 aliphatic heterocycles. The first-order valence-electron chi connectivity index (χ1n) is 6.09. The van der Waals surface area contributed by atoms with Gasteiger partial charge in [0.2, 0.25) is 0 Å². The lowest BCUT2D eigenvalue weighted by molar-refractivity contribution is -0.384. The van der Waals surface area contributed by atoms with Gasteiger partial charge in [0.15, 0.2) is 0 Å². The fourth-order valence-electron chi connectivity index (χ4n) is 1.19. The minimum Gasteiger partial charge on any atom is -0.317 e. The Morgan fingerprint density at radius 3 is 2.12 bits per heavy atom. The molecule has 1 aromatic carbocycles. The van der Waals surface area contributed by atoms with Crippen LogP contribution in [0.15, 0.2) is 24.3 Å². The zero-order valence-electron chi connectivity index (χ0n) is 10.9. The van der Waals surface area contributed by atoms with Crippen LogP contribution in [0, 0.1) is 10.1 Å². The molecule has 1 rings (SSSR count). The van der Waals surface area contributed by atoms with Crippen molar-refractivity contribution in [2.75, 3.05) is 13.1 Å². The van der Waals surface area contributed by atoms with E-state index in [0.29, 0.717) is 0 Å². The van der Waals surface area contributed by atoms with Crippen molar-refractivity contribution in [1.82, 2.24) is 5.32 Å². The van der Waals surface area contributed by atoms with E-state index in [9.17, 15) is 10.1 Å². The lowest BCUT2D eigenvalue weighted by atomic mass is 10.1. The molecular formula is C13H22N2O2. The molecule has 0 aliphatic rings. The number of nitrogens with zero attached hydrogens (tertiary/aromatic N) is 1. The van der Waals surface area contributed by atoms with Crippen LogP contribution in [0.2, 0.25) is 0 Å². The van der Waals surface area contributed by atoms with Gasteiger partial charge in [-0.3, -0.25) is 10.1 Å². The molecule has 0 amide bonds. The number of nitrogens with one attached hydrogen (secondary N) is 1. The summed E-state index contributed by atoms with van der Waals surface area (Å²) in [5.74, 6) is 0. The van der Waals surface area contributed by atoms with Crippen LogP contribution in [0.5, 0.6) is 0 Å². The van der Waals surface area contributed by atoms with Gasteiger partial charge in [-0.1, -0.05) is 39.3 Å². The first kappa shape index (κ1) is 15.6. The number of rotatable bonds is 5. The minimum absolute atomic E-state index is 0.150. The van der Waals surface area contributed by atoms with E-state index in [4.69, 9.17) is 0 Å². The molecular weight excluding hydrogens is 216 g/mol. The Morgan fingerprint density at radius 1 is 1.18 bits per heavy atom. The van der Waals surface area contributed by atoms with E-state index in [1.165, 1.54) is 6.42 Å². The third-order valence-corrected chi connectivity index (χ3v) is 1.99. The molecule has 0 atom stereocenters. The Bertz CT molecular complexity index is 310. The van der Waals surface area contributed by atoms with E-state index < -0.39 is 0 Å². The summed E-state index contributed by atoms with van der Waals surface area (Å²) in [7, 11) is 0. The maximum absolute atomic E-state index is 10.4. The lowest BCUT2D eigenvalue weighted by Crippen LogP contribution is -2.15. The van der Waals surface area contributed by atoms with Gasteiger partial charge in [-0.2, -0.15) is 0 Å². The third kappa shape index (κ3) is 7.47. The van der Waals surface area contributed by atoms with Crippen LogP contribution in [-0.4, -0.2) is 18.0 Å². The highest BCUT2D eigenvalue weighted by molar-refractivity contribution is 5.32. The van der Waals surface area contributed by atoms with Gasteiger partial charge in [-0.05, 0) is 25.1 Å². The molecule has 1 aromatic rings. The largest absolute Gasteiger partial charge is 0.317 e. The predicted molar refractivity (Wildman–Crippen MR) is 71.3 cm³/mol. The number of likely N-dealkylation sites (N-methyl/N-ethyl adjacent to an activating group) is 1. The first-order valence-corrected chi connectivity index (χ1v) is 6.09. The highest BCUT2D eigenvalue weighted by Crippen LogP contribution is 2.11. The quantitative estimate of drug-likeness (QED) is 0.487. The van der Waals surface area contributed by atoms with E-state index >= 15 is 0 Å². The van der Waals surface area contributed by atoms with Crippen LogP contribution in [0.1, 0.15) is 32.8 Å². The second-order valence-electron chi connectivity index (χ2n) is 3.73. The predicted octanol–water partition coefficient (Wildman–Crippen LogP) is 3.16. The van der Waals surface area contributed by atoms with Crippen molar-refractivity contribution < 1.29 is 4.92 Å². The molecule has 17 heavy (non-hydrogen) atoms. The topological polar surface area (TPSA) is 55.2 Å². The SMILES string of the molecule is CCC.CCNCCc1ccc([N+](=O)[O-])cc1. The van der Waals surface area contributed by atoms with Crippen LogP contribution >= 0.6 is 0 Å². The molecule has 4 heteroatoms. The molecule has 0 bridgehead atoms. The normalized spacial score (nSPS) is 9.35. The van der Waals surface area contributed by atoms with Gasteiger partial charge >= 0.3 is 0 Å². The number of hydrogen-bond donors (Lipinski definition) is 1. The average molecular weight is 238 g/mol. The Kier molecular flexibility index (Phi) is 8.96. The molecule has 0 fully saturated rings. The summed E-state index contributed by atoms with van der Waals surface area (Å²) in [6.07, 6.45) is 2.16. The molecule has 0 aliphatic carbocycles. The van der Waals surface area contributed by atoms with Crippen LogP contribution in [0.3, 0.4) is 0 Å². The van der Waals surface area contributed by atoms with E-state index in [1.54, 1.807) is 24.3 Å². The summed E-state index contributed by atoms with van der Waals surface area (Å²) in [6, 6.07) is 6.69. The Hall–Kier alpha value is -1.42. The maximum atomic E-state index is 10.4. The van der Waals surface area contributed by atoms with Crippen molar-refractivity contribution >= 4 is 5.69 Å². The highest BCUT2D eigenvalue weighted by Gasteiger charge is 2.02. The van der Waals surface area contributed by atoms with Gasteiger partial charge in [-0.25, -0.2) is 0 Å². The zero-order valence-corrected chi connectivity index (χ0v) is 10.9. The van der Waals surface area contributed by atoms with Crippen molar-refractivity contribution in [3.05, 3.63) is 39.9 Å². The van der Waals surface area contributed by atoms with Gasteiger partial charge < -0.3 is 5.32 Å². The van der Waals surface area contributed by atoms with Crippen LogP contribution in [-0.2, 0) is 6.42 Å². The number of nitro groups is 1. The van der Waals surface area contributed by atoms with E-state index in [-0.39, 0.29) is 10.6 Å². The monoisotopic (exact) mass is 238 g/mol. The minimum atomic E-state index is -0.381. The molecule has 0 unspecified atom stereocenters. The fraction of sp³-hybridized carbons (Fsp3) is 0.538. The van der Waals surface area contributed by atoms with Crippen LogP contribution < -0.4 is 5.32 Å². The summed E-state index contributed by atoms with van der Waals surface area (Å²) in [5, 5.41) is 13.6. The second kappa shape index (κ2) is 9.78. The smallest absolute Gasteiger partial charge is 0.269 e. The van der Waals surface area contributed by atoms with Gasteiger partial charge in [0.1, 0.15) is 0 Å². The van der Waals surface area contributed by atoms with E-state index in [2.05, 4.69) is 26.1 Å². The van der Waals surface area contributed by atoms with E-state index in [1.807, 2.05) is 0 Å². The van der Waals surface area contributed by atoms with Gasteiger partial charge in [0.25, 0.3) is 5.69 Å². The third-order valence-electron chi connectivity index (χ3n) is 1.99.